The van der Waals surface area contributed by atoms with Crippen LogP contribution in [0.3, 0.4) is 0 Å². The number of pyridine rings is 1. The molecule has 3 heterocycles. The normalized spacial score (nSPS) is 26.6. The molecule has 0 aliphatic carbocycles. The number of β-amino-alcohol motifs (C(OH)–C–C–N with tert-alkyl or cyclic N) is 1. The number of nitrogens with one attached hydrogen (secondary N) is 1. The fourth-order valence-electron chi connectivity index (χ4n) is 3.41. The predicted molar refractivity (Wildman–Crippen MR) is 87.6 cm³/mol. The number of nitrogens with two attached hydrogens (primary N) is 1. The Morgan fingerprint density at radius 3 is 2.92 bits per heavy atom. The molecular formula is C15H21N5O4. The van der Waals surface area contributed by atoms with Crippen LogP contribution in [0.15, 0.2) is 12.1 Å². The van der Waals surface area contributed by atoms with Gasteiger partial charge in [0, 0.05) is 19.5 Å². The van der Waals surface area contributed by atoms with E-state index in [1.807, 2.05) is 4.90 Å². The van der Waals surface area contributed by atoms with E-state index >= 15 is 0 Å². The van der Waals surface area contributed by atoms with Gasteiger partial charge in [-0.15, -0.1) is 0 Å². The van der Waals surface area contributed by atoms with Gasteiger partial charge in [0.25, 0.3) is 0 Å². The third-order valence-corrected chi connectivity index (χ3v) is 4.53. The van der Waals surface area contributed by atoms with E-state index in [1.54, 1.807) is 17.0 Å². The Kier molecular flexibility index (Phi) is 4.43. The van der Waals surface area contributed by atoms with Crippen molar-refractivity contribution >= 4 is 29.7 Å². The van der Waals surface area contributed by atoms with E-state index in [2.05, 4.69) is 10.3 Å². The predicted octanol–water partition coefficient (Wildman–Crippen LogP) is -0.640. The van der Waals surface area contributed by atoms with Crippen LogP contribution in [0.4, 0.5) is 17.3 Å². The Morgan fingerprint density at radius 1 is 1.42 bits per heavy atom. The molecule has 0 bridgehead atoms. The molecule has 1 amide bonds. The van der Waals surface area contributed by atoms with Crippen molar-refractivity contribution in [2.24, 2.45) is 0 Å². The van der Waals surface area contributed by atoms with Crippen molar-refractivity contribution in [1.29, 1.82) is 0 Å². The van der Waals surface area contributed by atoms with Crippen LogP contribution in [-0.4, -0.2) is 59.0 Å². The number of hydrogen-bond acceptors (Lipinski definition) is 7. The van der Waals surface area contributed by atoms with Crippen molar-refractivity contribution in [3.05, 3.63) is 12.1 Å². The van der Waals surface area contributed by atoms with Gasteiger partial charge in [-0.25, -0.2) is 9.78 Å². The molecule has 9 nitrogen and oxygen atoms in total. The number of hydrogen-bond donors (Lipinski definition) is 4. The first-order valence-electron chi connectivity index (χ1n) is 7.91. The third kappa shape index (κ3) is 2.94. The molecule has 5 N–H and O–H groups in total. The molecule has 2 aliphatic heterocycles. The Morgan fingerprint density at radius 2 is 2.21 bits per heavy atom. The van der Waals surface area contributed by atoms with Crippen LogP contribution < -0.4 is 20.9 Å². The highest BCUT2D eigenvalue weighted by molar-refractivity contribution is 5.79. The molecule has 3 unspecified atom stereocenters. The summed E-state index contributed by atoms with van der Waals surface area (Å²) >= 11 is 0. The van der Waals surface area contributed by atoms with Gasteiger partial charge in [0.15, 0.2) is 5.82 Å². The zero-order valence-electron chi connectivity index (χ0n) is 13.1. The second kappa shape index (κ2) is 6.52. The first kappa shape index (κ1) is 16.3. The van der Waals surface area contributed by atoms with Crippen LogP contribution in [-0.2, 0) is 9.59 Å². The Labute approximate surface area is 139 Å². The lowest BCUT2D eigenvalue weighted by Crippen LogP contribution is -2.42. The number of anilines is 3. The zero-order valence-corrected chi connectivity index (χ0v) is 13.1. The van der Waals surface area contributed by atoms with Gasteiger partial charge in [-0.05, 0) is 25.0 Å². The molecule has 3 rings (SSSR count). The average molecular weight is 335 g/mol. The second-order valence-corrected chi connectivity index (χ2v) is 6.11. The number of aromatic nitrogens is 1. The number of carbonyl (C=O) groups excluding carboxylic acids is 1. The van der Waals surface area contributed by atoms with Crippen molar-refractivity contribution < 1.29 is 19.8 Å². The minimum absolute atomic E-state index is 0.162. The molecule has 0 radical (unpaired) electrons. The first-order chi connectivity index (χ1) is 11.5. The van der Waals surface area contributed by atoms with Crippen LogP contribution >= 0.6 is 0 Å². The van der Waals surface area contributed by atoms with E-state index in [-0.39, 0.29) is 19.1 Å². The summed E-state index contributed by atoms with van der Waals surface area (Å²) in [6.07, 6.45) is 1.63. The number of aliphatic carboxylic acids is 1. The van der Waals surface area contributed by atoms with Gasteiger partial charge in [0.2, 0.25) is 6.41 Å². The number of carboxylic acid groups (broad SMARTS) is 1. The molecule has 2 saturated heterocycles. The number of nitrogen functional groups attached to an aromatic ring is 1. The van der Waals surface area contributed by atoms with Crippen molar-refractivity contribution in [2.75, 3.05) is 28.6 Å². The smallest absolute Gasteiger partial charge is 0.326 e. The van der Waals surface area contributed by atoms with Crippen molar-refractivity contribution in [2.45, 2.75) is 37.6 Å². The third-order valence-electron chi connectivity index (χ3n) is 4.53. The largest absolute Gasteiger partial charge is 0.480 e. The molecule has 2 aliphatic rings. The van der Waals surface area contributed by atoms with Gasteiger partial charge in [-0.1, -0.05) is 0 Å². The van der Waals surface area contributed by atoms with E-state index in [0.29, 0.717) is 30.3 Å². The molecule has 3 atom stereocenters. The van der Waals surface area contributed by atoms with E-state index in [1.165, 1.54) is 0 Å². The van der Waals surface area contributed by atoms with Crippen molar-refractivity contribution in [3.8, 4) is 0 Å². The summed E-state index contributed by atoms with van der Waals surface area (Å²) in [7, 11) is 0. The van der Waals surface area contributed by atoms with Crippen LogP contribution in [0.2, 0.25) is 0 Å². The number of rotatable bonds is 5. The fraction of sp³-hybridized carbons (Fsp3) is 0.533. The standard InChI is InChI=1S/C15H21N5O4/c16-10-3-4-13(20-7-9(22)6-11(20)15(23)24)18-14(10)19-5-1-2-12(19)17-8-21/h3-4,8-9,11-12,22H,1-2,5-7,16H2,(H,17,21)(H,23,24). The number of aliphatic hydroxyl groups is 1. The summed E-state index contributed by atoms with van der Waals surface area (Å²) in [5, 5.41) is 21.9. The average Bonchev–Trinajstić information content (AvgIpc) is 3.15. The molecule has 0 saturated carbocycles. The molecule has 2 fully saturated rings. The fourth-order valence-corrected chi connectivity index (χ4v) is 3.41. The van der Waals surface area contributed by atoms with Gasteiger partial charge < -0.3 is 31.1 Å². The highest BCUT2D eigenvalue weighted by Crippen LogP contribution is 2.32. The maximum absolute atomic E-state index is 11.4. The SMILES string of the molecule is Nc1ccc(N2CC(O)CC2C(=O)O)nc1N1CCCC1NC=O. The topological polar surface area (TPSA) is 132 Å². The maximum atomic E-state index is 11.4. The molecule has 0 spiro atoms. The zero-order chi connectivity index (χ0) is 17.3. The van der Waals surface area contributed by atoms with Gasteiger partial charge in [0.05, 0.1) is 11.8 Å². The van der Waals surface area contributed by atoms with Gasteiger partial charge in [0.1, 0.15) is 18.0 Å². The summed E-state index contributed by atoms with van der Waals surface area (Å²) in [5.41, 5.74) is 6.51. The molecule has 130 valence electrons. The van der Waals surface area contributed by atoms with E-state index in [0.717, 1.165) is 12.8 Å². The summed E-state index contributed by atoms with van der Waals surface area (Å²) < 4.78 is 0. The monoisotopic (exact) mass is 335 g/mol. The number of nitrogens with zero attached hydrogens (tertiary/aromatic N) is 3. The van der Waals surface area contributed by atoms with Crippen molar-refractivity contribution in [3.63, 3.8) is 0 Å². The van der Waals surface area contributed by atoms with E-state index in [9.17, 15) is 19.8 Å². The highest BCUT2D eigenvalue weighted by Gasteiger charge is 2.37. The number of carbonyl (C=O) groups is 2. The second-order valence-electron chi connectivity index (χ2n) is 6.11. The Balaban J connectivity index is 1.91. The van der Waals surface area contributed by atoms with E-state index < -0.39 is 18.1 Å². The molecule has 9 heteroatoms. The lowest BCUT2D eigenvalue weighted by molar-refractivity contribution is -0.138. The summed E-state index contributed by atoms with van der Waals surface area (Å²) in [6, 6.07) is 2.52. The van der Waals surface area contributed by atoms with Crippen LogP contribution in [0.5, 0.6) is 0 Å². The van der Waals surface area contributed by atoms with Gasteiger partial charge in [-0.2, -0.15) is 0 Å². The molecule has 1 aromatic heterocycles. The van der Waals surface area contributed by atoms with Gasteiger partial charge >= 0.3 is 5.97 Å². The van der Waals surface area contributed by atoms with Gasteiger partial charge in [-0.3, -0.25) is 4.79 Å². The minimum atomic E-state index is -0.992. The van der Waals surface area contributed by atoms with Crippen molar-refractivity contribution in [1.82, 2.24) is 10.3 Å². The Bertz CT molecular complexity index is 640. The summed E-state index contributed by atoms with van der Waals surface area (Å²) in [4.78, 5) is 30.2. The van der Waals surface area contributed by atoms with Crippen LogP contribution in [0.1, 0.15) is 19.3 Å². The number of carboxylic acids is 1. The Hall–Kier alpha value is -2.55. The highest BCUT2D eigenvalue weighted by atomic mass is 16.4. The number of aliphatic hydroxyl groups excluding tert-OH is 1. The quantitative estimate of drug-likeness (QED) is 0.523. The molecule has 24 heavy (non-hydrogen) atoms. The first-order valence-corrected chi connectivity index (χ1v) is 7.91. The minimum Gasteiger partial charge on any atom is -0.480 e. The molecule has 1 aromatic rings. The molecular weight excluding hydrogens is 314 g/mol. The number of amides is 1. The molecule has 0 aromatic carbocycles. The van der Waals surface area contributed by atoms with Crippen LogP contribution in [0.25, 0.3) is 0 Å². The lowest BCUT2D eigenvalue weighted by atomic mass is 10.2. The summed E-state index contributed by atoms with van der Waals surface area (Å²) in [5.74, 6) is -0.0109. The maximum Gasteiger partial charge on any atom is 0.326 e. The lowest BCUT2D eigenvalue weighted by Gasteiger charge is -2.28. The van der Waals surface area contributed by atoms with E-state index in [4.69, 9.17) is 5.73 Å². The summed E-state index contributed by atoms with van der Waals surface area (Å²) in [6.45, 7) is 0.917. The van der Waals surface area contributed by atoms with Crippen LogP contribution in [0, 0.1) is 0 Å².